The number of nitrogens with zero attached hydrogens (tertiary/aromatic N) is 1. The number of halogens is 3. The van der Waals surface area contributed by atoms with E-state index >= 15 is 0 Å². The Hall–Kier alpha value is -0.610. The van der Waals surface area contributed by atoms with Gasteiger partial charge in [0.1, 0.15) is 5.82 Å². The van der Waals surface area contributed by atoms with Crippen LogP contribution in [0.2, 0.25) is 0 Å². The van der Waals surface area contributed by atoms with E-state index in [-0.39, 0.29) is 15.8 Å². The van der Waals surface area contributed by atoms with Crippen LogP contribution in [0.3, 0.4) is 0 Å². The van der Waals surface area contributed by atoms with Gasteiger partial charge in [-0.05, 0) is 40.9 Å². The summed E-state index contributed by atoms with van der Waals surface area (Å²) in [5.41, 5.74) is 0.357. The SMILES string of the molecule is O=C(c1cccc(F)c1Br)N1CCCC(Cl)C1. The Morgan fingerprint density at radius 2 is 2.29 bits per heavy atom. The number of rotatable bonds is 1. The lowest BCUT2D eigenvalue weighted by Gasteiger charge is -2.30. The fourth-order valence-corrected chi connectivity index (χ4v) is 2.70. The van der Waals surface area contributed by atoms with Crippen LogP contribution in [0.5, 0.6) is 0 Å². The molecule has 1 aromatic rings. The first-order chi connectivity index (χ1) is 8.09. The van der Waals surface area contributed by atoms with Crippen molar-refractivity contribution >= 4 is 33.4 Å². The zero-order chi connectivity index (χ0) is 12.4. The Kier molecular flexibility index (Phi) is 4.05. The largest absolute Gasteiger partial charge is 0.337 e. The van der Waals surface area contributed by atoms with Crippen LogP contribution in [-0.4, -0.2) is 29.3 Å². The van der Waals surface area contributed by atoms with Crippen LogP contribution in [0.1, 0.15) is 23.2 Å². The van der Waals surface area contributed by atoms with Crippen molar-refractivity contribution < 1.29 is 9.18 Å². The van der Waals surface area contributed by atoms with Crippen molar-refractivity contribution in [3.8, 4) is 0 Å². The van der Waals surface area contributed by atoms with E-state index in [9.17, 15) is 9.18 Å². The summed E-state index contributed by atoms with van der Waals surface area (Å²) in [7, 11) is 0. The minimum absolute atomic E-state index is 0.0000321. The first-order valence-electron chi connectivity index (χ1n) is 5.47. The highest BCUT2D eigenvalue weighted by atomic mass is 79.9. The summed E-state index contributed by atoms with van der Waals surface area (Å²) in [6.07, 6.45) is 1.82. The summed E-state index contributed by atoms with van der Waals surface area (Å²) < 4.78 is 13.6. The summed E-state index contributed by atoms with van der Waals surface area (Å²) in [6.45, 7) is 1.22. The van der Waals surface area contributed by atoms with Gasteiger partial charge < -0.3 is 4.90 Å². The van der Waals surface area contributed by atoms with Crippen LogP contribution in [-0.2, 0) is 0 Å². The number of carbonyl (C=O) groups is 1. The Balaban J connectivity index is 2.22. The molecule has 0 aliphatic carbocycles. The fourth-order valence-electron chi connectivity index (χ4n) is 1.95. The van der Waals surface area contributed by atoms with Crippen LogP contribution < -0.4 is 0 Å². The summed E-state index contributed by atoms with van der Waals surface area (Å²) >= 11 is 9.14. The normalized spacial score (nSPS) is 20.4. The highest BCUT2D eigenvalue weighted by Crippen LogP contribution is 2.24. The van der Waals surface area contributed by atoms with Crippen molar-refractivity contribution in [3.63, 3.8) is 0 Å². The number of alkyl halides is 1. The molecule has 1 aromatic carbocycles. The monoisotopic (exact) mass is 319 g/mol. The molecule has 1 amide bonds. The molecule has 1 aliphatic heterocycles. The van der Waals surface area contributed by atoms with Gasteiger partial charge in [0.15, 0.2) is 0 Å². The molecule has 2 rings (SSSR count). The van der Waals surface area contributed by atoms with Crippen molar-refractivity contribution in [2.24, 2.45) is 0 Å². The predicted octanol–water partition coefficient (Wildman–Crippen LogP) is 3.43. The molecule has 0 saturated carbocycles. The van der Waals surface area contributed by atoms with Gasteiger partial charge in [-0.3, -0.25) is 4.79 Å². The van der Waals surface area contributed by atoms with E-state index < -0.39 is 5.82 Å². The molecular formula is C12H12BrClFNO. The van der Waals surface area contributed by atoms with Crippen molar-refractivity contribution in [1.29, 1.82) is 0 Å². The van der Waals surface area contributed by atoms with Crippen molar-refractivity contribution in [2.45, 2.75) is 18.2 Å². The second-order valence-electron chi connectivity index (χ2n) is 4.09. The minimum Gasteiger partial charge on any atom is -0.337 e. The maximum absolute atomic E-state index is 13.3. The zero-order valence-electron chi connectivity index (χ0n) is 9.13. The quantitative estimate of drug-likeness (QED) is 0.726. The minimum atomic E-state index is -0.421. The van der Waals surface area contributed by atoms with E-state index in [1.54, 1.807) is 11.0 Å². The smallest absolute Gasteiger partial charge is 0.255 e. The molecule has 0 radical (unpaired) electrons. The average molecular weight is 321 g/mol. The van der Waals surface area contributed by atoms with Crippen LogP contribution in [0.4, 0.5) is 4.39 Å². The van der Waals surface area contributed by atoms with Gasteiger partial charge in [0.25, 0.3) is 5.91 Å². The molecule has 1 saturated heterocycles. The zero-order valence-corrected chi connectivity index (χ0v) is 11.5. The van der Waals surface area contributed by atoms with Gasteiger partial charge in [-0.25, -0.2) is 4.39 Å². The number of amides is 1. The van der Waals surface area contributed by atoms with Crippen LogP contribution in [0, 0.1) is 5.82 Å². The molecule has 1 heterocycles. The van der Waals surface area contributed by atoms with E-state index in [1.807, 2.05) is 0 Å². The molecule has 17 heavy (non-hydrogen) atoms. The molecule has 1 fully saturated rings. The topological polar surface area (TPSA) is 20.3 Å². The number of carbonyl (C=O) groups excluding carboxylic acids is 1. The van der Waals surface area contributed by atoms with E-state index in [2.05, 4.69) is 15.9 Å². The molecule has 1 aliphatic rings. The van der Waals surface area contributed by atoms with Crippen molar-refractivity contribution in [1.82, 2.24) is 4.90 Å². The van der Waals surface area contributed by atoms with Gasteiger partial charge in [-0.1, -0.05) is 6.07 Å². The molecule has 0 aromatic heterocycles. The van der Waals surface area contributed by atoms with Gasteiger partial charge >= 0.3 is 0 Å². The maximum Gasteiger partial charge on any atom is 0.255 e. The number of likely N-dealkylation sites (tertiary alicyclic amines) is 1. The van der Waals surface area contributed by atoms with Gasteiger partial charge in [-0.15, -0.1) is 11.6 Å². The highest BCUT2D eigenvalue weighted by molar-refractivity contribution is 9.10. The molecule has 1 atom stereocenters. The molecule has 92 valence electrons. The Morgan fingerprint density at radius 3 is 3.00 bits per heavy atom. The first-order valence-corrected chi connectivity index (χ1v) is 6.70. The number of benzene rings is 1. The van der Waals surface area contributed by atoms with Gasteiger partial charge in [0.2, 0.25) is 0 Å². The maximum atomic E-state index is 13.3. The van der Waals surface area contributed by atoms with Gasteiger partial charge in [0.05, 0.1) is 15.4 Å². The molecule has 0 bridgehead atoms. The van der Waals surface area contributed by atoms with Crippen molar-refractivity contribution in [2.75, 3.05) is 13.1 Å². The molecule has 5 heteroatoms. The Morgan fingerprint density at radius 1 is 1.53 bits per heavy atom. The number of piperidine rings is 1. The molecule has 2 nitrogen and oxygen atoms in total. The van der Waals surface area contributed by atoms with E-state index in [0.29, 0.717) is 18.7 Å². The first kappa shape index (κ1) is 12.8. The van der Waals surface area contributed by atoms with Crippen LogP contribution in [0.15, 0.2) is 22.7 Å². The number of hydrogen-bond donors (Lipinski definition) is 0. The third kappa shape index (κ3) is 2.80. The van der Waals surface area contributed by atoms with Crippen LogP contribution in [0.25, 0.3) is 0 Å². The Bertz CT molecular complexity index is 441. The van der Waals surface area contributed by atoms with E-state index in [0.717, 1.165) is 12.8 Å². The van der Waals surface area contributed by atoms with E-state index in [1.165, 1.54) is 12.1 Å². The second-order valence-corrected chi connectivity index (χ2v) is 5.50. The summed E-state index contributed by atoms with van der Waals surface area (Å²) in [4.78, 5) is 13.9. The molecular weight excluding hydrogens is 308 g/mol. The molecule has 1 unspecified atom stereocenters. The summed E-state index contributed by atoms with van der Waals surface area (Å²) in [5, 5.41) is 0.0000321. The lowest BCUT2D eigenvalue weighted by atomic mass is 10.1. The third-order valence-corrected chi connectivity index (χ3v) is 4.00. The Labute approximate surface area is 113 Å². The standard InChI is InChI=1S/C12H12BrClFNO/c13-11-9(4-1-5-10(11)15)12(17)16-6-2-3-8(14)7-16/h1,4-5,8H,2-3,6-7H2. The average Bonchev–Trinajstić information content (AvgIpc) is 2.32. The van der Waals surface area contributed by atoms with Crippen LogP contribution >= 0.6 is 27.5 Å². The second kappa shape index (κ2) is 5.36. The van der Waals surface area contributed by atoms with Gasteiger partial charge in [0, 0.05) is 13.1 Å². The summed E-state index contributed by atoms with van der Waals surface area (Å²) in [5.74, 6) is -0.586. The highest BCUT2D eigenvalue weighted by Gasteiger charge is 2.24. The molecule has 0 spiro atoms. The number of hydrogen-bond acceptors (Lipinski definition) is 1. The third-order valence-electron chi connectivity index (χ3n) is 2.83. The lowest BCUT2D eigenvalue weighted by molar-refractivity contribution is 0.0725. The predicted molar refractivity (Wildman–Crippen MR) is 68.9 cm³/mol. The lowest BCUT2D eigenvalue weighted by Crippen LogP contribution is -2.40. The van der Waals surface area contributed by atoms with E-state index in [4.69, 9.17) is 11.6 Å². The summed E-state index contributed by atoms with van der Waals surface area (Å²) in [6, 6.07) is 4.48. The van der Waals surface area contributed by atoms with Gasteiger partial charge in [-0.2, -0.15) is 0 Å². The molecule has 0 N–H and O–H groups in total. The van der Waals surface area contributed by atoms with Crippen molar-refractivity contribution in [3.05, 3.63) is 34.1 Å². The fraction of sp³-hybridized carbons (Fsp3) is 0.417.